The smallest absolute Gasteiger partial charge is 0.0766 e. The lowest BCUT2D eigenvalue weighted by Gasteiger charge is -2.25. The molecule has 0 atom stereocenters. The lowest BCUT2D eigenvalue weighted by atomic mass is 9.97. The van der Waals surface area contributed by atoms with Gasteiger partial charge in [0.1, 0.15) is 0 Å². The fourth-order valence-electron chi connectivity index (χ4n) is 2.01. The molecule has 0 heterocycles. The zero-order chi connectivity index (χ0) is 14.1. The van der Waals surface area contributed by atoms with Crippen molar-refractivity contribution < 1.29 is 9.84 Å². The Hall–Kier alpha value is -0.900. The highest BCUT2D eigenvalue weighted by molar-refractivity contribution is 5.26. The molecule has 1 aromatic carbocycles. The highest BCUT2D eigenvalue weighted by atomic mass is 16.5. The van der Waals surface area contributed by atoms with Gasteiger partial charge in [0.25, 0.3) is 0 Å². The molecule has 0 aliphatic carbocycles. The van der Waals surface area contributed by atoms with E-state index in [1.807, 2.05) is 32.9 Å². The first kappa shape index (κ1) is 16.2. The molecule has 0 amide bonds. The Bertz CT molecular complexity index is 362. The maximum absolute atomic E-state index is 10.2. The van der Waals surface area contributed by atoms with Crippen LogP contribution in [0.4, 0.5) is 0 Å². The van der Waals surface area contributed by atoms with Gasteiger partial charge in [0.2, 0.25) is 0 Å². The molecule has 0 bridgehead atoms. The van der Waals surface area contributed by atoms with Crippen LogP contribution in [0, 0.1) is 0 Å². The minimum absolute atomic E-state index is 0.588. The molecule has 1 aromatic rings. The largest absolute Gasteiger partial charge is 0.389 e. The summed E-state index contributed by atoms with van der Waals surface area (Å²) in [7, 11) is 0. The van der Waals surface area contributed by atoms with Gasteiger partial charge in [-0.2, -0.15) is 0 Å². The van der Waals surface area contributed by atoms with E-state index in [4.69, 9.17) is 4.74 Å². The van der Waals surface area contributed by atoms with Crippen molar-refractivity contribution in [3.05, 3.63) is 35.4 Å². The van der Waals surface area contributed by atoms with Gasteiger partial charge in [-0.15, -0.1) is 0 Å². The molecule has 2 N–H and O–H groups in total. The van der Waals surface area contributed by atoms with Crippen LogP contribution < -0.4 is 5.32 Å². The van der Waals surface area contributed by atoms with E-state index in [0.717, 1.165) is 26.0 Å². The molecule has 0 saturated heterocycles. The predicted octanol–water partition coefficient (Wildman–Crippen LogP) is 2.86. The number of rotatable bonds is 9. The Labute approximate surface area is 117 Å². The first-order valence-electron chi connectivity index (χ1n) is 7.22. The normalized spacial score (nSPS) is 11.8. The summed E-state index contributed by atoms with van der Waals surface area (Å²) in [4.78, 5) is 0. The van der Waals surface area contributed by atoms with Gasteiger partial charge < -0.3 is 15.2 Å². The number of nitrogens with one attached hydrogen (secondary N) is 1. The lowest BCUT2D eigenvalue weighted by Crippen LogP contribution is -2.39. The molecule has 0 fully saturated rings. The molecule has 0 aliphatic rings. The second-order valence-electron chi connectivity index (χ2n) is 4.94. The Balaban J connectivity index is 2.53. The third kappa shape index (κ3) is 5.31. The molecule has 1 rings (SSSR count). The van der Waals surface area contributed by atoms with Gasteiger partial charge in [0.15, 0.2) is 0 Å². The zero-order valence-corrected chi connectivity index (χ0v) is 12.4. The second kappa shape index (κ2) is 8.31. The van der Waals surface area contributed by atoms with Crippen molar-refractivity contribution in [3.8, 4) is 0 Å². The number of hydrogen-bond acceptors (Lipinski definition) is 3. The molecule has 3 heteroatoms. The minimum atomic E-state index is -0.588. The van der Waals surface area contributed by atoms with E-state index in [0.29, 0.717) is 13.2 Å². The van der Waals surface area contributed by atoms with Gasteiger partial charge >= 0.3 is 0 Å². The average Bonchev–Trinajstić information content (AvgIpc) is 2.46. The van der Waals surface area contributed by atoms with E-state index in [2.05, 4.69) is 17.4 Å². The maximum Gasteiger partial charge on any atom is 0.0766 e. The fraction of sp³-hybridized carbons (Fsp3) is 0.625. The predicted molar refractivity (Wildman–Crippen MR) is 79.0 cm³/mol. The minimum Gasteiger partial charge on any atom is -0.389 e. The van der Waals surface area contributed by atoms with Crippen LogP contribution in [0.1, 0.15) is 44.7 Å². The maximum atomic E-state index is 10.2. The van der Waals surface area contributed by atoms with Crippen molar-refractivity contribution in [2.24, 2.45) is 0 Å². The second-order valence-corrected chi connectivity index (χ2v) is 4.94. The van der Waals surface area contributed by atoms with E-state index in [-0.39, 0.29) is 0 Å². The summed E-state index contributed by atoms with van der Waals surface area (Å²) in [5.41, 5.74) is 1.87. The average molecular weight is 265 g/mol. The number of benzene rings is 1. The molecule has 0 spiro atoms. The van der Waals surface area contributed by atoms with Crippen molar-refractivity contribution in [1.82, 2.24) is 5.32 Å². The number of hydrogen-bond donors (Lipinski definition) is 2. The van der Waals surface area contributed by atoms with Crippen molar-refractivity contribution >= 4 is 0 Å². The first-order valence-corrected chi connectivity index (χ1v) is 7.22. The summed E-state index contributed by atoms with van der Waals surface area (Å²) in [5, 5.41) is 13.6. The molecular formula is C16H27NO2. The quantitative estimate of drug-likeness (QED) is 0.721. The van der Waals surface area contributed by atoms with Crippen LogP contribution >= 0.6 is 0 Å². The van der Waals surface area contributed by atoms with Crippen LogP contribution in [0.25, 0.3) is 0 Å². The van der Waals surface area contributed by atoms with E-state index in [1.165, 1.54) is 11.1 Å². The lowest BCUT2D eigenvalue weighted by molar-refractivity contribution is 0.0322. The molecule has 0 saturated carbocycles. The third-order valence-electron chi connectivity index (χ3n) is 3.67. The van der Waals surface area contributed by atoms with E-state index >= 15 is 0 Å². The van der Waals surface area contributed by atoms with Gasteiger partial charge in [-0.05, 0) is 30.9 Å². The highest BCUT2D eigenvalue weighted by Crippen LogP contribution is 2.14. The van der Waals surface area contributed by atoms with Crippen molar-refractivity contribution in [1.29, 1.82) is 0 Å². The van der Waals surface area contributed by atoms with Crippen LogP contribution in [-0.4, -0.2) is 23.9 Å². The summed E-state index contributed by atoms with van der Waals surface area (Å²) in [5.74, 6) is 0. The summed E-state index contributed by atoms with van der Waals surface area (Å²) < 4.78 is 5.47. The topological polar surface area (TPSA) is 41.5 Å². The summed E-state index contributed by atoms with van der Waals surface area (Å²) in [6.07, 6.45) is 1.55. The van der Waals surface area contributed by atoms with Crippen molar-refractivity contribution in [3.63, 3.8) is 0 Å². The Morgan fingerprint density at radius 2 is 1.74 bits per heavy atom. The summed E-state index contributed by atoms with van der Waals surface area (Å²) in [6, 6.07) is 8.28. The highest BCUT2D eigenvalue weighted by Gasteiger charge is 2.21. The van der Waals surface area contributed by atoms with Gasteiger partial charge in [-0.1, -0.05) is 38.1 Å². The number of aliphatic hydroxyl groups is 1. The summed E-state index contributed by atoms with van der Waals surface area (Å²) in [6.45, 7) is 8.83. The van der Waals surface area contributed by atoms with E-state index < -0.39 is 5.60 Å². The van der Waals surface area contributed by atoms with Gasteiger partial charge in [-0.3, -0.25) is 0 Å². The molecule has 0 unspecified atom stereocenters. The Morgan fingerprint density at radius 1 is 1.11 bits per heavy atom. The summed E-state index contributed by atoms with van der Waals surface area (Å²) >= 11 is 0. The molecule has 3 nitrogen and oxygen atoms in total. The van der Waals surface area contributed by atoms with Crippen LogP contribution in [0.2, 0.25) is 0 Å². The monoisotopic (exact) mass is 265 g/mol. The van der Waals surface area contributed by atoms with Crippen molar-refractivity contribution in [2.45, 2.75) is 52.4 Å². The molecule has 108 valence electrons. The van der Waals surface area contributed by atoms with Gasteiger partial charge in [-0.25, -0.2) is 0 Å². The fourth-order valence-corrected chi connectivity index (χ4v) is 2.01. The van der Waals surface area contributed by atoms with Crippen LogP contribution in [0.3, 0.4) is 0 Å². The number of ether oxygens (including phenoxy) is 1. The third-order valence-corrected chi connectivity index (χ3v) is 3.67. The van der Waals surface area contributed by atoms with Gasteiger partial charge in [0.05, 0.1) is 12.2 Å². The van der Waals surface area contributed by atoms with Gasteiger partial charge in [0, 0.05) is 19.7 Å². The van der Waals surface area contributed by atoms with Crippen LogP contribution in [0.5, 0.6) is 0 Å². The standard InChI is InChI=1S/C16H27NO2/c1-4-16(18,5-2)13-17-11-14-9-7-8-10-15(14)12-19-6-3/h7-10,17-18H,4-6,11-13H2,1-3H3. The zero-order valence-electron chi connectivity index (χ0n) is 12.4. The van der Waals surface area contributed by atoms with E-state index in [9.17, 15) is 5.11 Å². The van der Waals surface area contributed by atoms with Crippen LogP contribution in [-0.2, 0) is 17.9 Å². The molecule has 0 radical (unpaired) electrons. The first-order chi connectivity index (χ1) is 9.15. The Kier molecular flexibility index (Phi) is 7.06. The van der Waals surface area contributed by atoms with E-state index in [1.54, 1.807) is 0 Å². The molecular weight excluding hydrogens is 238 g/mol. The molecule has 0 aliphatic heterocycles. The SMILES string of the molecule is CCOCc1ccccc1CNCC(O)(CC)CC. The Morgan fingerprint density at radius 3 is 2.32 bits per heavy atom. The molecule has 0 aromatic heterocycles. The van der Waals surface area contributed by atoms with Crippen LogP contribution in [0.15, 0.2) is 24.3 Å². The van der Waals surface area contributed by atoms with Crippen molar-refractivity contribution in [2.75, 3.05) is 13.2 Å². The molecule has 19 heavy (non-hydrogen) atoms.